The number of hydrogen-bond acceptors (Lipinski definition) is 3. The standard InChI is InChI=1S/C31H32N2O/c1-21-25(22-14-8-5-9-15-22)28-30(2,3)20-32-27(24-18-12-7-13-19-24)26(23-16-10-6-11-17-23)29(34)31(21,4)33(28)32/h5-19,26-28H,20H2,1-4H3/t26-,27+,28-,31-/m0/s1. The predicted molar refractivity (Wildman–Crippen MR) is 137 cm³/mol. The molecule has 3 nitrogen and oxygen atoms in total. The molecule has 172 valence electrons. The van der Waals surface area contributed by atoms with Crippen LogP contribution in [0.3, 0.4) is 0 Å². The van der Waals surface area contributed by atoms with E-state index >= 15 is 0 Å². The van der Waals surface area contributed by atoms with Crippen LogP contribution in [-0.2, 0) is 4.79 Å². The molecular formula is C31H32N2O. The van der Waals surface area contributed by atoms with Crippen LogP contribution in [0.1, 0.15) is 56.3 Å². The number of hydrazine groups is 1. The van der Waals surface area contributed by atoms with Crippen LogP contribution in [0.25, 0.3) is 5.57 Å². The summed E-state index contributed by atoms with van der Waals surface area (Å²) < 4.78 is 0. The zero-order valence-electron chi connectivity index (χ0n) is 20.4. The molecule has 0 spiro atoms. The third kappa shape index (κ3) is 2.80. The van der Waals surface area contributed by atoms with Crippen LogP contribution in [0.2, 0.25) is 0 Å². The number of Topliss-reactive ketones (excluding diaryl/α,β-unsaturated/α-hetero) is 1. The minimum absolute atomic E-state index is 0.0108. The molecule has 0 aromatic heterocycles. The molecular weight excluding hydrogens is 416 g/mol. The van der Waals surface area contributed by atoms with E-state index in [0.29, 0.717) is 5.78 Å². The maximum atomic E-state index is 14.7. The monoisotopic (exact) mass is 448 g/mol. The number of benzene rings is 3. The van der Waals surface area contributed by atoms with E-state index in [1.807, 2.05) is 6.07 Å². The van der Waals surface area contributed by atoms with E-state index in [0.717, 1.165) is 12.1 Å². The summed E-state index contributed by atoms with van der Waals surface area (Å²) in [5.41, 5.74) is 5.37. The Morgan fingerprint density at radius 1 is 0.765 bits per heavy atom. The van der Waals surface area contributed by atoms with Gasteiger partial charge in [0.05, 0.1) is 18.0 Å². The zero-order chi connectivity index (χ0) is 23.7. The Hall–Kier alpha value is -3.01. The third-order valence-electron chi connectivity index (χ3n) is 8.48. The fourth-order valence-corrected chi connectivity index (χ4v) is 6.88. The van der Waals surface area contributed by atoms with Gasteiger partial charge in [0.1, 0.15) is 5.54 Å². The summed E-state index contributed by atoms with van der Waals surface area (Å²) in [6.45, 7) is 9.99. The highest BCUT2D eigenvalue weighted by Crippen LogP contribution is 2.61. The van der Waals surface area contributed by atoms with Crippen LogP contribution >= 0.6 is 0 Å². The van der Waals surface area contributed by atoms with E-state index in [1.165, 1.54) is 22.3 Å². The second-order valence-corrected chi connectivity index (χ2v) is 10.9. The van der Waals surface area contributed by atoms with Crippen LogP contribution in [0.15, 0.2) is 96.6 Å². The van der Waals surface area contributed by atoms with E-state index in [4.69, 9.17) is 0 Å². The average Bonchev–Trinajstić information content (AvgIpc) is 3.28. The lowest BCUT2D eigenvalue weighted by atomic mass is 9.71. The molecule has 3 aromatic rings. The summed E-state index contributed by atoms with van der Waals surface area (Å²) in [4.78, 5) is 14.7. The smallest absolute Gasteiger partial charge is 0.167 e. The maximum absolute atomic E-state index is 14.7. The van der Waals surface area contributed by atoms with Crippen molar-refractivity contribution in [2.45, 2.75) is 51.2 Å². The normalized spacial score (nSPS) is 30.6. The molecule has 0 bridgehead atoms. The van der Waals surface area contributed by atoms with Crippen LogP contribution in [0.4, 0.5) is 0 Å². The number of carbonyl (C=O) groups excluding carboxylic acids is 1. The van der Waals surface area contributed by atoms with Crippen molar-refractivity contribution in [2.75, 3.05) is 6.54 Å². The van der Waals surface area contributed by atoms with E-state index in [9.17, 15) is 4.79 Å². The molecule has 0 saturated carbocycles. The van der Waals surface area contributed by atoms with Crippen LogP contribution in [0.5, 0.6) is 0 Å². The van der Waals surface area contributed by atoms with Gasteiger partial charge in [0.25, 0.3) is 0 Å². The van der Waals surface area contributed by atoms with Crippen molar-refractivity contribution in [1.29, 1.82) is 0 Å². The molecule has 0 radical (unpaired) electrons. The molecule has 2 saturated heterocycles. The number of carbonyl (C=O) groups is 1. The van der Waals surface area contributed by atoms with Crippen molar-refractivity contribution in [1.82, 2.24) is 10.0 Å². The Labute approximate surface area is 202 Å². The molecule has 0 N–H and O–H groups in total. The van der Waals surface area contributed by atoms with Gasteiger partial charge in [0.2, 0.25) is 0 Å². The highest BCUT2D eigenvalue weighted by Gasteiger charge is 2.68. The molecule has 6 rings (SSSR count). The van der Waals surface area contributed by atoms with Crippen molar-refractivity contribution in [3.05, 3.63) is 113 Å². The van der Waals surface area contributed by atoms with Gasteiger partial charge in [-0.1, -0.05) is 105 Å². The van der Waals surface area contributed by atoms with E-state index in [1.54, 1.807) is 0 Å². The van der Waals surface area contributed by atoms with Crippen molar-refractivity contribution in [2.24, 2.45) is 5.41 Å². The average molecular weight is 449 g/mol. The number of ketones is 1. The lowest BCUT2D eigenvalue weighted by molar-refractivity contribution is -0.164. The van der Waals surface area contributed by atoms with Crippen molar-refractivity contribution < 1.29 is 4.79 Å². The van der Waals surface area contributed by atoms with Gasteiger partial charge in [-0.2, -0.15) is 0 Å². The summed E-state index contributed by atoms with van der Waals surface area (Å²) in [7, 11) is 0. The molecule has 3 aromatic carbocycles. The quantitative estimate of drug-likeness (QED) is 0.472. The van der Waals surface area contributed by atoms with E-state index in [-0.39, 0.29) is 23.4 Å². The molecule has 0 amide bonds. The highest BCUT2D eigenvalue weighted by molar-refractivity contribution is 6.02. The molecule has 3 aliphatic rings. The van der Waals surface area contributed by atoms with Crippen LogP contribution in [-0.4, -0.2) is 33.9 Å². The first kappa shape index (κ1) is 21.5. The Kier molecular flexibility index (Phi) is 4.74. The molecule has 3 heteroatoms. The predicted octanol–water partition coefficient (Wildman–Crippen LogP) is 6.27. The lowest BCUT2D eigenvalue weighted by Gasteiger charge is -2.52. The van der Waals surface area contributed by atoms with Gasteiger partial charge in [-0.25, -0.2) is 10.0 Å². The molecule has 0 unspecified atom stereocenters. The first-order chi connectivity index (χ1) is 16.4. The molecule has 3 aliphatic heterocycles. The summed E-state index contributed by atoms with van der Waals surface area (Å²) >= 11 is 0. The van der Waals surface area contributed by atoms with E-state index in [2.05, 4.69) is 123 Å². The second kappa shape index (κ2) is 7.49. The van der Waals surface area contributed by atoms with Gasteiger partial charge >= 0.3 is 0 Å². The molecule has 4 atom stereocenters. The van der Waals surface area contributed by atoms with Gasteiger partial charge in [-0.3, -0.25) is 4.79 Å². The fourth-order valence-electron chi connectivity index (χ4n) is 6.88. The Morgan fingerprint density at radius 2 is 1.29 bits per heavy atom. The minimum atomic E-state index is -0.671. The number of nitrogens with zero attached hydrogens (tertiary/aromatic N) is 2. The summed E-state index contributed by atoms with van der Waals surface area (Å²) in [6, 6.07) is 31.8. The Morgan fingerprint density at radius 3 is 1.88 bits per heavy atom. The SMILES string of the molecule is CC1=C(c2ccccc2)[C@@H]2N3N(CC2(C)C)[C@H](c2ccccc2)[C@H](c2ccccc2)C(=O)[C@]13C. The van der Waals surface area contributed by atoms with Gasteiger partial charge in [0, 0.05) is 6.54 Å². The largest absolute Gasteiger partial charge is 0.296 e. The zero-order valence-corrected chi connectivity index (χ0v) is 20.4. The van der Waals surface area contributed by atoms with Crippen LogP contribution in [0, 0.1) is 5.41 Å². The summed E-state index contributed by atoms with van der Waals surface area (Å²) in [6.07, 6.45) is 0. The summed E-state index contributed by atoms with van der Waals surface area (Å²) in [5, 5.41) is 5.00. The van der Waals surface area contributed by atoms with Gasteiger partial charge in [0.15, 0.2) is 5.78 Å². The summed E-state index contributed by atoms with van der Waals surface area (Å²) in [5.74, 6) is 0.0689. The Bertz CT molecular complexity index is 1260. The number of rotatable bonds is 3. The van der Waals surface area contributed by atoms with E-state index < -0.39 is 5.54 Å². The van der Waals surface area contributed by atoms with Gasteiger partial charge in [-0.05, 0) is 47.1 Å². The van der Waals surface area contributed by atoms with Crippen molar-refractivity contribution >= 4 is 11.4 Å². The molecule has 34 heavy (non-hydrogen) atoms. The molecule has 0 aliphatic carbocycles. The van der Waals surface area contributed by atoms with Crippen LogP contribution < -0.4 is 0 Å². The van der Waals surface area contributed by atoms with Gasteiger partial charge in [-0.15, -0.1) is 0 Å². The minimum Gasteiger partial charge on any atom is -0.296 e. The van der Waals surface area contributed by atoms with Crippen molar-refractivity contribution in [3.8, 4) is 0 Å². The van der Waals surface area contributed by atoms with Crippen molar-refractivity contribution in [3.63, 3.8) is 0 Å². The van der Waals surface area contributed by atoms with Gasteiger partial charge < -0.3 is 0 Å². The lowest BCUT2D eigenvalue weighted by Crippen LogP contribution is -2.64. The first-order valence-electron chi connectivity index (χ1n) is 12.3. The molecule has 2 fully saturated rings. The maximum Gasteiger partial charge on any atom is 0.167 e. The fraction of sp³-hybridized carbons (Fsp3) is 0.323. The third-order valence-corrected chi connectivity index (χ3v) is 8.48. The highest BCUT2D eigenvalue weighted by atomic mass is 16.1. The molecule has 3 heterocycles. The number of hydrogen-bond donors (Lipinski definition) is 0. The Balaban J connectivity index is 1.62. The topological polar surface area (TPSA) is 23.6 Å². The first-order valence-corrected chi connectivity index (χ1v) is 12.3. The second-order valence-electron chi connectivity index (χ2n) is 10.9.